The van der Waals surface area contributed by atoms with Gasteiger partial charge in [0.15, 0.2) is 5.76 Å². The number of carbonyl (C=O) groups is 1. The first-order valence-electron chi connectivity index (χ1n) is 8.18. The Balaban J connectivity index is 1.46. The first-order chi connectivity index (χ1) is 11.7. The summed E-state index contributed by atoms with van der Waals surface area (Å²) in [6, 6.07) is 7.47. The van der Waals surface area contributed by atoms with Gasteiger partial charge in [-0.1, -0.05) is 6.07 Å². The number of carbonyl (C=O) groups excluding carboxylic acids is 1. The fourth-order valence-electron chi connectivity index (χ4n) is 3.49. The molecule has 4 rings (SSSR count). The second kappa shape index (κ2) is 6.37. The number of likely N-dealkylation sites (tertiary alicyclic amines) is 1. The predicted octanol–water partition coefficient (Wildman–Crippen LogP) is 2.04. The largest absolute Gasteiger partial charge is 0.456 e. The summed E-state index contributed by atoms with van der Waals surface area (Å²) < 4.78 is 17.2. The monoisotopic (exact) mass is 328 g/mol. The number of amides is 1. The minimum Gasteiger partial charge on any atom is -0.456 e. The van der Waals surface area contributed by atoms with Crippen molar-refractivity contribution < 1.29 is 18.7 Å². The summed E-state index contributed by atoms with van der Waals surface area (Å²) in [5.74, 6) is 1.24. The molecule has 2 aromatic heterocycles. The molecule has 3 atom stereocenters. The Morgan fingerprint density at radius 2 is 2.29 bits per heavy atom. The lowest BCUT2D eigenvalue weighted by molar-refractivity contribution is 0.00899. The normalized spacial score (nSPS) is 25.9. The molecule has 0 bridgehead atoms. The second-order valence-corrected chi connectivity index (χ2v) is 6.35. The maximum Gasteiger partial charge on any atom is 0.289 e. The Hall–Kier alpha value is -2.18. The number of nitrogens with zero attached hydrogens (tertiary/aromatic N) is 2. The highest BCUT2D eigenvalue weighted by Gasteiger charge is 2.48. The third kappa shape index (κ3) is 2.83. The third-order valence-electron chi connectivity index (χ3n) is 4.75. The van der Waals surface area contributed by atoms with E-state index in [0.29, 0.717) is 32.1 Å². The van der Waals surface area contributed by atoms with Crippen molar-refractivity contribution in [2.45, 2.75) is 25.7 Å². The molecular formula is C18H20N2O4. The average Bonchev–Trinajstić information content (AvgIpc) is 3.30. The highest BCUT2D eigenvalue weighted by atomic mass is 16.5. The standard InChI is InChI=1S/C18H20N2O4/c1-12-4-5-16(24-12)18(21)20-8-17(14-10-22-11-15(14)20)23-9-13-3-2-6-19-7-13/h2-7,14-15,17H,8-11H2,1H3/t14-,15+,17-/m0/s1. The molecular weight excluding hydrogens is 308 g/mol. The van der Waals surface area contributed by atoms with Crippen LogP contribution in [-0.2, 0) is 16.1 Å². The van der Waals surface area contributed by atoms with E-state index in [2.05, 4.69) is 4.98 Å². The molecule has 6 heteroatoms. The number of aryl methyl sites for hydroxylation is 1. The number of furan rings is 1. The topological polar surface area (TPSA) is 64.8 Å². The molecule has 6 nitrogen and oxygen atoms in total. The van der Waals surface area contributed by atoms with Crippen LogP contribution < -0.4 is 0 Å². The number of ether oxygens (including phenoxy) is 2. The van der Waals surface area contributed by atoms with E-state index in [4.69, 9.17) is 13.9 Å². The Kier molecular flexibility index (Phi) is 4.08. The van der Waals surface area contributed by atoms with Crippen molar-refractivity contribution in [3.05, 3.63) is 53.7 Å². The van der Waals surface area contributed by atoms with Gasteiger partial charge in [0.2, 0.25) is 0 Å². The fourth-order valence-corrected chi connectivity index (χ4v) is 3.49. The molecule has 0 N–H and O–H groups in total. The van der Waals surface area contributed by atoms with Crippen molar-refractivity contribution >= 4 is 5.91 Å². The highest BCUT2D eigenvalue weighted by molar-refractivity contribution is 5.92. The highest BCUT2D eigenvalue weighted by Crippen LogP contribution is 2.33. The van der Waals surface area contributed by atoms with Crippen LogP contribution in [0.15, 0.2) is 41.1 Å². The van der Waals surface area contributed by atoms with Crippen LogP contribution in [-0.4, -0.2) is 47.7 Å². The van der Waals surface area contributed by atoms with Gasteiger partial charge in [0, 0.05) is 24.9 Å². The zero-order valence-corrected chi connectivity index (χ0v) is 13.6. The summed E-state index contributed by atoms with van der Waals surface area (Å²) in [6.45, 7) is 4.08. The van der Waals surface area contributed by atoms with E-state index < -0.39 is 0 Å². The quantitative estimate of drug-likeness (QED) is 0.859. The van der Waals surface area contributed by atoms with Crippen LogP contribution in [0.2, 0.25) is 0 Å². The number of fused-ring (bicyclic) bond motifs is 1. The number of hydrogen-bond donors (Lipinski definition) is 0. The minimum absolute atomic E-state index is 0.0299. The van der Waals surface area contributed by atoms with Crippen molar-refractivity contribution in [3.8, 4) is 0 Å². The maximum atomic E-state index is 12.7. The van der Waals surface area contributed by atoms with Gasteiger partial charge in [0.25, 0.3) is 5.91 Å². The van der Waals surface area contributed by atoms with Gasteiger partial charge in [0.05, 0.1) is 32.0 Å². The van der Waals surface area contributed by atoms with Crippen molar-refractivity contribution in [3.63, 3.8) is 0 Å². The van der Waals surface area contributed by atoms with Crippen molar-refractivity contribution in [1.82, 2.24) is 9.88 Å². The van der Waals surface area contributed by atoms with Gasteiger partial charge in [-0.3, -0.25) is 9.78 Å². The number of pyridine rings is 1. The van der Waals surface area contributed by atoms with Gasteiger partial charge in [-0.15, -0.1) is 0 Å². The molecule has 1 amide bonds. The molecule has 2 fully saturated rings. The van der Waals surface area contributed by atoms with Gasteiger partial charge >= 0.3 is 0 Å². The number of hydrogen-bond acceptors (Lipinski definition) is 5. The van der Waals surface area contributed by atoms with Crippen LogP contribution >= 0.6 is 0 Å². The molecule has 0 saturated carbocycles. The Morgan fingerprint density at radius 1 is 1.38 bits per heavy atom. The molecule has 0 aromatic carbocycles. The van der Waals surface area contributed by atoms with E-state index in [-0.39, 0.29) is 24.0 Å². The summed E-state index contributed by atoms with van der Waals surface area (Å²) in [4.78, 5) is 18.7. The summed E-state index contributed by atoms with van der Waals surface area (Å²) in [5.41, 5.74) is 1.03. The first-order valence-corrected chi connectivity index (χ1v) is 8.18. The van der Waals surface area contributed by atoms with E-state index in [1.165, 1.54) is 0 Å². The summed E-state index contributed by atoms with van der Waals surface area (Å²) in [6.07, 6.45) is 3.51. The maximum absolute atomic E-state index is 12.7. The molecule has 0 aliphatic carbocycles. The Morgan fingerprint density at radius 3 is 3.04 bits per heavy atom. The second-order valence-electron chi connectivity index (χ2n) is 6.35. The molecule has 2 aliphatic heterocycles. The van der Waals surface area contributed by atoms with E-state index in [1.807, 2.05) is 30.0 Å². The SMILES string of the molecule is Cc1ccc(C(=O)N2C[C@H](OCc3cccnc3)[C@H]3COC[C@H]32)o1. The van der Waals surface area contributed by atoms with Gasteiger partial charge in [-0.05, 0) is 30.7 Å². The smallest absolute Gasteiger partial charge is 0.289 e. The van der Waals surface area contributed by atoms with E-state index >= 15 is 0 Å². The van der Waals surface area contributed by atoms with Crippen LogP contribution in [0.3, 0.4) is 0 Å². The van der Waals surface area contributed by atoms with Crippen molar-refractivity contribution in [1.29, 1.82) is 0 Å². The molecule has 2 saturated heterocycles. The summed E-state index contributed by atoms with van der Waals surface area (Å²) in [5, 5.41) is 0. The Labute approximate surface area is 140 Å². The van der Waals surface area contributed by atoms with Crippen molar-refractivity contribution in [2.75, 3.05) is 19.8 Å². The van der Waals surface area contributed by atoms with Crippen LogP contribution in [0.5, 0.6) is 0 Å². The number of rotatable bonds is 4. The van der Waals surface area contributed by atoms with Gasteiger partial charge < -0.3 is 18.8 Å². The van der Waals surface area contributed by atoms with E-state index in [1.54, 1.807) is 18.5 Å². The molecule has 2 aromatic rings. The zero-order chi connectivity index (χ0) is 16.5. The van der Waals surface area contributed by atoms with Crippen LogP contribution in [0.25, 0.3) is 0 Å². The van der Waals surface area contributed by atoms with Crippen molar-refractivity contribution in [2.24, 2.45) is 5.92 Å². The third-order valence-corrected chi connectivity index (χ3v) is 4.75. The van der Waals surface area contributed by atoms with Crippen LogP contribution in [0.1, 0.15) is 21.9 Å². The molecule has 4 heterocycles. The summed E-state index contributed by atoms with van der Waals surface area (Å²) in [7, 11) is 0. The average molecular weight is 328 g/mol. The predicted molar refractivity (Wildman–Crippen MR) is 85.4 cm³/mol. The molecule has 0 unspecified atom stereocenters. The number of aromatic nitrogens is 1. The minimum atomic E-state index is -0.0870. The van der Waals surface area contributed by atoms with Gasteiger partial charge in [0.1, 0.15) is 5.76 Å². The van der Waals surface area contributed by atoms with Gasteiger partial charge in [-0.2, -0.15) is 0 Å². The molecule has 2 aliphatic rings. The lowest BCUT2D eigenvalue weighted by Crippen LogP contribution is -2.38. The molecule has 24 heavy (non-hydrogen) atoms. The molecule has 0 radical (unpaired) electrons. The van der Waals surface area contributed by atoms with E-state index in [0.717, 1.165) is 11.3 Å². The van der Waals surface area contributed by atoms with Gasteiger partial charge in [-0.25, -0.2) is 0 Å². The van der Waals surface area contributed by atoms with E-state index in [9.17, 15) is 4.79 Å². The fraction of sp³-hybridized carbons (Fsp3) is 0.444. The van der Waals surface area contributed by atoms with Crippen LogP contribution in [0, 0.1) is 12.8 Å². The molecule has 0 spiro atoms. The lowest BCUT2D eigenvalue weighted by atomic mass is 10.0. The van der Waals surface area contributed by atoms with Crippen LogP contribution in [0.4, 0.5) is 0 Å². The Bertz CT molecular complexity index is 715. The first kappa shape index (κ1) is 15.4. The lowest BCUT2D eigenvalue weighted by Gasteiger charge is -2.21. The summed E-state index contributed by atoms with van der Waals surface area (Å²) >= 11 is 0. The molecule has 126 valence electrons. The zero-order valence-electron chi connectivity index (χ0n) is 13.6.